The normalized spacial score (nSPS) is 16.1. The van der Waals surface area contributed by atoms with Gasteiger partial charge in [-0.3, -0.25) is 9.59 Å². The number of hydrogen-bond donors (Lipinski definition) is 1. The van der Waals surface area contributed by atoms with Gasteiger partial charge in [-0.2, -0.15) is 0 Å². The molecule has 0 radical (unpaired) electrons. The Hall–Kier alpha value is -3.08. The Morgan fingerprint density at radius 2 is 2.04 bits per heavy atom. The van der Waals surface area contributed by atoms with Gasteiger partial charge in [-0.05, 0) is 31.2 Å². The molecule has 0 spiro atoms. The van der Waals surface area contributed by atoms with Crippen LogP contribution < -0.4 is 15.0 Å². The zero-order chi connectivity index (χ0) is 17.1. The van der Waals surface area contributed by atoms with Gasteiger partial charge in [0.25, 0.3) is 11.8 Å². The van der Waals surface area contributed by atoms with Gasteiger partial charge in [0.15, 0.2) is 6.10 Å². The van der Waals surface area contributed by atoms with Crippen molar-refractivity contribution in [1.82, 2.24) is 0 Å². The highest BCUT2D eigenvalue weighted by atomic mass is 16.5. The van der Waals surface area contributed by atoms with Gasteiger partial charge in [0.2, 0.25) is 0 Å². The van der Waals surface area contributed by atoms with E-state index in [9.17, 15) is 9.59 Å². The molecule has 0 aliphatic carbocycles. The number of hydrogen-bond acceptors (Lipinski definition) is 3. The molecule has 1 atom stereocenters. The van der Waals surface area contributed by atoms with E-state index in [0.717, 1.165) is 0 Å². The van der Waals surface area contributed by atoms with Crippen LogP contribution in [0.25, 0.3) is 0 Å². The van der Waals surface area contributed by atoms with Gasteiger partial charge in [0.1, 0.15) is 5.75 Å². The lowest BCUT2D eigenvalue weighted by Gasteiger charge is -2.32. The van der Waals surface area contributed by atoms with Crippen molar-refractivity contribution in [3.05, 3.63) is 66.7 Å². The van der Waals surface area contributed by atoms with Crippen molar-refractivity contribution in [2.75, 3.05) is 16.8 Å². The fraction of sp³-hybridized carbons (Fsp3) is 0.158. The molecule has 2 aromatic rings. The summed E-state index contributed by atoms with van der Waals surface area (Å²) >= 11 is 0. The summed E-state index contributed by atoms with van der Waals surface area (Å²) in [7, 11) is 0. The number of carbonyl (C=O) groups excluding carboxylic acids is 2. The maximum Gasteiger partial charge on any atom is 0.268 e. The monoisotopic (exact) mass is 322 g/mol. The molecule has 1 N–H and O–H groups in total. The van der Waals surface area contributed by atoms with Gasteiger partial charge in [0.05, 0.1) is 5.69 Å². The summed E-state index contributed by atoms with van der Waals surface area (Å²) < 4.78 is 5.67. The molecule has 0 saturated carbocycles. The molecule has 2 amide bonds. The van der Waals surface area contributed by atoms with Crippen molar-refractivity contribution >= 4 is 23.2 Å². The van der Waals surface area contributed by atoms with E-state index in [0.29, 0.717) is 29.2 Å². The number of amides is 2. The third kappa shape index (κ3) is 3.01. The summed E-state index contributed by atoms with van der Waals surface area (Å²) in [6.07, 6.45) is 1.10. The zero-order valence-electron chi connectivity index (χ0n) is 13.4. The van der Waals surface area contributed by atoms with Gasteiger partial charge >= 0.3 is 0 Å². The predicted molar refractivity (Wildman–Crippen MR) is 93.5 cm³/mol. The molecular weight excluding hydrogens is 304 g/mol. The summed E-state index contributed by atoms with van der Waals surface area (Å²) in [5.74, 6) is 0.261. The highest BCUT2D eigenvalue weighted by Gasteiger charge is 2.30. The molecular formula is C19H18N2O3. The van der Waals surface area contributed by atoms with Crippen molar-refractivity contribution in [3.8, 4) is 5.75 Å². The number of nitrogens with one attached hydrogen (secondary N) is 1. The molecule has 2 aromatic carbocycles. The summed E-state index contributed by atoms with van der Waals surface area (Å²) in [5, 5.41) is 2.84. The molecule has 1 aliphatic rings. The topological polar surface area (TPSA) is 58.6 Å². The van der Waals surface area contributed by atoms with Gasteiger partial charge in [-0.1, -0.05) is 24.3 Å². The van der Waals surface area contributed by atoms with E-state index in [1.165, 1.54) is 0 Å². The quantitative estimate of drug-likeness (QED) is 0.879. The molecule has 5 nitrogen and oxygen atoms in total. The van der Waals surface area contributed by atoms with Gasteiger partial charge in [0, 0.05) is 23.9 Å². The largest absolute Gasteiger partial charge is 0.479 e. The Balaban J connectivity index is 1.86. The first-order chi connectivity index (χ1) is 11.6. The van der Waals surface area contributed by atoms with Crippen LogP contribution in [0.15, 0.2) is 61.2 Å². The van der Waals surface area contributed by atoms with Crippen LogP contribution in [-0.2, 0) is 4.79 Å². The van der Waals surface area contributed by atoms with Crippen LogP contribution in [0.5, 0.6) is 5.75 Å². The van der Waals surface area contributed by atoms with Crippen LogP contribution in [0, 0.1) is 0 Å². The standard InChI is InChI=1S/C19H18N2O3/c1-3-11-21-16-10-9-15(12-17(16)24-13(2)19(21)23)20-18(22)14-7-5-4-6-8-14/h3-10,12-13H,1,11H2,2H3,(H,20,22). The highest BCUT2D eigenvalue weighted by Crippen LogP contribution is 2.36. The van der Waals surface area contributed by atoms with E-state index >= 15 is 0 Å². The summed E-state index contributed by atoms with van der Waals surface area (Å²) in [6, 6.07) is 14.2. The van der Waals surface area contributed by atoms with E-state index in [1.54, 1.807) is 48.2 Å². The molecule has 0 bridgehead atoms. The lowest BCUT2D eigenvalue weighted by molar-refractivity contribution is -0.125. The van der Waals surface area contributed by atoms with Gasteiger partial charge < -0.3 is 15.0 Å². The summed E-state index contributed by atoms with van der Waals surface area (Å²) in [5.41, 5.74) is 1.87. The zero-order valence-corrected chi connectivity index (χ0v) is 13.4. The smallest absolute Gasteiger partial charge is 0.268 e. The number of benzene rings is 2. The average Bonchev–Trinajstić information content (AvgIpc) is 2.59. The molecule has 1 heterocycles. The van der Waals surface area contributed by atoms with Gasteiger partial charge in [-0.15, -0.1) is 6.58 Å². The Morgan fingerprint density at radius 1 is 1.29 bits per heavy atom. The molecule has 24 heavy (non-hydrogen) atoms. The Kier molecular flexibility index (Phi) is 4.33. The minimum absolute atomic E-state index is 0.108. The van der Waals surface area contributed by atoms with Crippen molar-refractivity contribution < 1.29 is 14.3 Å². The first-order valence-electron chi connectivity index (χ1n) is 7.69. The van der Waals surface area contributed by atoms with Crippen LogP contribution in [0.3, 0.4) is 0 Å². The third-order valence-corrected chi connectivity index (χ3v) is 3.77. The molecule has 0 fully saturated rings. The van der Waals surface area contributed by atoms with Crippen LogP contribution >= 0.6 is 0 Å². The SMILES string of the molecule is C=CCN1C(=O)C(C)Oc2cc(NC(=O)c3ccccc3)ccc21. The number of nitrogens with zero attached hydrogens (tertiary/aromatic N) is 1. The van der Waals surface area contributed by atoms with E-state index in [1.807, 2.05) is 18.2 Å². The second-order valence-corrected chi connectivity index (χ2v) is 5.50. The van der Waals surface area contributed by atoms with E-state index in [4.69, 9.17) is 4.74 Å². The molecule has 122 valence electrons. The number of anilines is 2. The molecule has 3 rings (SSSR count). The first-order valence-corrected chi connectivity index (χ1v) is 7.69. The Morgan fingerprint density at radius 3 is 2.75 bits per heavy atom. The number of fused-ring (bicyclic) bond motifs is 1. The molecule has 1 unspecified atom stereocenters. The second kappa shape index (κ2) is 6.58. The second-order valence-electron chi connectivity index (χ2n) is 5.50. The van der Waals surface area contributed by atoms with Crippen LogP contribution in [0.1, 0.15) is 17.3 Å². The number of rotatable bonds is 4. The van der Waals surface area contributed by atoms with Crippen LogP contribution in [-0.4, -0.2) is 24.5 Å². The Bertz CT molecular complexity index is 786. The minimum atomic E-state index is -0.572. The minimum Gasteiger partial charge on any atom is -0.479 e. The highest BCUT2D eigenvalue weighted by molar-refractivity contribution is 6.05. The number of carbonyl (C=O) groups is 2. The first kappa shape index (κ1) is 15.8. The van der Waals surface area contributed by atoms with Crippen LogP contribution in [0.2, 0.25) is 0 Å². The van der Waals surface area contributed by atoms with Crippen LogP contribution in [0.4, 0.5) is 11.4 Å². The third-order valence-electron chi connectivity index (χ3n) is 3.77. The van der Waals surface area contributed by atoms with Crippen molar-refractivity contribution in [1.29, 1.82) is 0 Å². The van der Waals surface area contributed by atoms with E-state index in [2.05, 4.69) is 11.9 Å². The van der Waals surface area contributed by atoms with E-state index < -0.39 is 6.10 Å². The Labute approximate surface area is 140 Å². The fourth-order valence-electron chi connectivity index (χ4n) is 2.60. The average molecular weight is 322 g/mol. The summed E-state index contributed by atoms with van der Waals surface area (Å²) in [4.78, 5) is 26.1. The van der Waals surface area contributed by atoms with Crippen molar-refractivity contribution in [2.24, 2.45) is 0 Å². The maximum atomic E-state index is 12.2. The lowest BCUT2D eigenvalue weighted by Crippen LogP contribution is -2.44. The molecule has 0 saturated heterocycles. The van der Waals surface area contributed by atoms with Crippen molar-refractivity contribution in [2.45, 2.75) is 13.0 Å². The van der Waals surface area contributed by atoms with E-state index in [-0.39, 0.29) is 11.8 Å². The summed E-state index contributed by atoms with van der Waals surface area (Å²) in [6.45, 7) is 5.80. The lowest BCUT2D eigenvalue weighted by atomic mass is 10.1. The fourth-order valence-corrected chi connectivity index (χ4v) is 2.60. The predicted octanol–water partition coefficient (Wildman–Crippen LogP) is 3.24. The molecule has 1 aliphatic heterocycles. The number of ether oxygens (including phenoxy) is 1. The molecule has 5 heteroatoms. The molecule has 0 aromatic heterocycles. The van der Waals surface area contributed by atoms with Gasteiger partial charge in [-0.25, -0.2) is 0 Å². The maximum absolute atomic E-state index is 12.2. The van der Waals surface area contributed by atoms with Crippen molar-refractivity contribution in [3.63, 3.8) is 0 Å².